The summed E-state index contributed by atoms with van der Waals surface area (Å²) in [5.41, 5.74) is 11.7. The first kappa shape index (κ1) is 12.5. The molecule has 0 aliphatic heterocycles. The van der Waals surface area contributed by atoms with Gasteiger partial charge in [-0.15, -0.1) is 0 Å². The normalized spacial score (nSPS) is 14.1. The number of hydrogen-bond donors (Lipinski definition) is 4. The largest absolute Gasteiger partial charge is 0.398 e. The first-order valence-corrected chi connectivity index (χ1v) is 4.96. The molecule has 0 fully saturated rings. The number of nitrogen functional groups attached to an aromatic ring is 1. The summed E-state index contributed by atoms with van der Waals surface area (Å²) >= 11 is 0. The van der Waals surface area contributed by atoms with E-state index in [0.717, 1.165) is 0 Å². The van der Waals surface area contributed by atoms with Crippen LogP contribution in [0.4, 0.5) is 5.69 Å². The molecule has 0 saturated heterocycles. The number of nitrogens with two attached hydrogens (primary N) is 2. The summed E-state index contributed by atoms with van der Waals surface area (Å²) in [5.74, 6) is 0. The molecule has 0 heterocycles. The molecule has 1 aromatic rings. The van der Waals surface area contributed by atoms with Gasteiger partial charge in [0, 0.05) is 11.3 Å². The van der Waals surface area contributed by atoms with Gasteiger partial charge in [0.05, 0.1) is 11.7 Å². The number of benzene rings is 1. The molecule has 2 unspecified atom stereocenters. The van der Waals surface area contributed by atoms with Crippen LogP contribution in [0.3, 0.4) is 0 Å². The molecule has 86 valence electrons. The van der Waals surface area contributed by atoms with Crippen LogP contribution in [0.5, 0.6) is 0 Å². The second-order valence-corrected chi connectivity index (χ2v) is 3.51. The Morgan fingerprint density at radius 3 is 2.62 bits per heavy atom. The summed E-state index contributed by atoms with van der Waals surface area (Å²) in [6.45, 7) is 0.266. The highest BCUT2D eigenvalue weighted by Crippen LogP contribution is 2.25. The van der Waals surface area contributed by atoms with E-state index in [9.17, 15) is 10.2 Å². The second-order valence-electron chi connectivity index (χ2n) is 3.51. The SMILES string of the molecule is N#Cc1c(N)cccc1C(O)C(O)CCN. The van der Waals surface area contributed by atoms with Gasteiger partial charge in [-0.25, -0.2) is 0 Å². The molecule has 0 aromatic heterocycles. The highest BCUT2D eigenvalue weighted by atomic mass is 16.3. The third-order valence-corrected chi connectivity index (χ3v) is 2.39. The smallest absolute Gasteiger partial charge is 0.106 e. The first-order valence-electron chi connectivity index (χ1n) is 4.96. The van der Waals surface area contributed by atoms with Crippen molar-refractivity contribution in [2.45, 2.75) is 18.6 Å². The fourth-order valence-corrected chi connectivity index (χ4v) is 1.50. The summed E-state index contributed by atoms with van der Waals surface area (Å²) in [4.78, 5) is 0. The molecule has 0 radical (unpaired) electrons. The lowest BCUT2D eigenvalue weighted by molar-refractivity contribution is 0.0149. The number of rotatable bonds is 4. The number of nitrogens with zero attached hydrogens (tertiary/aromatic N) is 1. The van der Waals surface area contributed by atoms with Crippen molar-refractivity contribution in [3.8, 4) is 6.07 Å². The molecule has 5 nitrogen and oxygen atoms in total. The van der Waals surface area contributed by atoms with Crippen molar-refractivity contribution in [2.24, 2.45) is 5.73 Å². The van der Waals surface area contributed by atoms with E-state index >= 15 is 0 Å². The van der Waals surface area contributed by atoms with Crippen molar-refractivity contribution in [3.63, 3.8) is 0 Å². The lowest BCUT2D eigenvalue weighted by Gasteiger charge is -2.19. The third-order valence-electron chi connectivity index (χ3n) is 2.39. The molecule has 0 spiro atoms. The Labute approximate surface area is 93.9 Å². The number of nitriles is 1. The van der Waals surface area contributed by atoms with Crippen molar-refractivity contribution in [3.05, 3.63) is 29.3 Å². The van der Waals surface area contributed by atoms with Gasteiger partial charge in [-0.05, 0) is 19.0 Å². The average Bonchev–Trinajstić information content (AvgIpc) is 2.28. The number of aliphatic hydroxyl groups is 2. The van der Waals surface area contributed by atoms with Crippen LogP contribution in [0, 0.1) is 11.3 Å². The van der Waals surface area contributed by atoms with Crippen molar-refractivity contribution in [1.29, 1.82) is 5.26 Å². The van der Waals surface area contributed by atoms with Gasteiger partial charge in [-0.3, -0.25) is 0 Å². The molecular weight excluding hydrogens is 206 g/mol. The van der Waals surface area contributed by atoms with Gasteiger partial charge in [0.2, 0.25) is 0 Å². The molecule has 0 aliphatic carbocycles. The Balaban J connectivity index is 3.04. The van der Waals surface area contributed by atoms with E-state index < -0.39 is 12.2 Å². The van der Waals surface area contributed by atoms with Gasteiger partial charge in [0.25, 0.3) is 0 Å². The third kappa shape index (κ3) is 2.49. The zero-order chi connectivity index (χ0) is 12.1. The molecule has 5 heteroatoms. The molecule has 6 N–H and O–H groups in total. The van der Waals surface area contributed by atoms with Gasteiger partial charge in [-0.2, -0.15) is 5.26 Å². The predicted octanol–water partition coefficient (Wildman–Crippen LogP) is -0.116. The molecule has 0 saturated carbocycles. The maximum Gasteiger partial charge on any atom is 0.106 e. The fraction of sp³-hybridized carbons (Fsp3) is 0.364. The highest BCUT2D eigenvalue weighted by molar-refractivity contribution is 5.58. The number of hydrogen-bond acceptors (Lipinski definition) is 5. The standard InChI is InChI=1S/C11H15N3O2/c12-5-4-10(15)11(16)7-2-1-3-9(14)8(7)6-13/h1-3,10-11,15-16H,4-5,12,14H2. The summed E-state index contributed by atoms with van der Waals surface area (Å²) in [6.07, 6.45) is -1.86. The van der Waals surface area contributed by atoms with Crippen molar-refractivity contribution >= 4 is 5.69 Å². The zero-order valence-electron chi connectivity index (χ0n) is 8.80. The monoisotopic (exact) mass is 221 g/mol. The van der Waals surface area contributed by atoms with Gasteiger partial charge < -0.3 is 21.7 Å². The molecule has 0 aliphatic rings. The van der Waals surface area contributed by atoms with Crippen molar-refractivity contribution in [1.82, 2.24) is 0 Å². The Bertz CT molecular complexity index is 401. The summed E-state index contributed by atoms with van der Waals surface area (Å²) in [6, 6.07) is 6.69. The molecule has 0 amide bonds. The summed E-state index contributed by atoms with van der Waals surface area (Å²) < 4.78 is 0. The Morgan fingerprint density at radius 1 is 1.38 bits per heavy atom. The van der Waals surface area contributed by atoms with E-state index in [2.05, 4.69) is 0 Å². The van der Waals surface area contributed by atoms with Crippen LogP contribution >= 0.6 is 0 Å². The van der Waals surface area contributed by atoms with Crippen molar-refractivity contribution < 1.29 is 10.2 Å². The van der Waals surface area contributed by atoms with E-state index in [1.807, 2.05) is 6.07 Å². The topological polar surface area (TPSA) is 116 Å². The van der Waals surface area contributed by atoms with Crippen LogP contribution in [0.15, 0.2) is 18.2 Å². The predicted molar refractivity (Wildman–Crippen MR) is 60.2 cm³/mol. The Hall–Kier alpha value is -1.61. The number of anilines is 1. The van der Waals surface area contributed by atoms with Crippen LogP contribution < -0.4 is 11.5 Å². The lowest BCUT2D eigenvalue weighted by Crippen LogP contribution is -2.22. The summed E-state index contributed by atoms with van der Waals surface area (Å²) in [5, 5.41) is 28.4. The molecule has 0 bridgehead atoms. The van der Waals surface area contributed by atoms with E-state index in [1.165, 1.54) is 0 Å². The van der Waals surface area contributed by atoms with E-state index in [0.29, 0.717) is 11.3 Å². The maximum absolute atomic E-state index is 9.84. The van der Waals surface area contributed by atoms with E-state index in [-0.39, 0.29) is 18.5 Å². The van der Waals surface area contributed by atoms with Gasteiger partial charge in [0.15, 0.2) is 0 Å². The Morgan fingerprint density at radius 2 is 2.06 bits per heavy atom. The van der Waals surface area contributed by atoms with Crippen molar-refractivity contribution in [2.75, 3.05) is 12.3 Å². The van der Waals surface area contributed by atoms with Crippen LogP contribution in [0.1, 0.15) is 23.7 Å². The lowest BCUT2D eigenvalue weighted by atomic mass is 9.96. The Kier molecular flexibility index (Phi) is 4.26. The minimum Gasteiger partial charge on any atom is -0.398 e. The van der Waals surface area contributed by atoms with Crippen LogP contribution in [-0.4, -0.2) is 22.9 Å². The zero-order valence-corrected chi connectivity index (χ0v) is 8.80. The maximum atomic E-state index is 9.84. The van der Waals surface area contributed by atoms with Gasteiger partial charge in [0.1, 0.15) is 12.2 Å². The van der Waals surface area contributed by atoms with Gasteiger partial charge >= 0.3 is 0 Å². The average molecular weight is 221 g/mol. The minimum absolute atomic E-state index is 0.200. The second kappa shape index (κ2) is 5.47. The molecule has 1 aromatic carbocycles. The van der Waals surface area contributed by atoms with E-state index in [1.54, 1.807) is 18.2 Å². The van der Waals surface area contributed by atoms with Crippen LogP contribution in [0.25, 0.3) is 0 Å². The molecule has 2 atom stereocenters. The summed E-state index contributed by atoms with van der Waals surface area (Å²) in [7, 11) is 0. The molecule has 16 heavy (non-hydrogen) atoms. The fourth-order valence-electron chi connectivity index (χ4n) is 1.50. The molecular formula is C11H15N3O2. The first-order chi connectivity index (χ1) is 7.61. The number of aliphatic hydroxyl groups excluding tert-OH is 2. The quantitative estimate of drug-likeness (QED) is 0.529. The van der Waals surface area contributed by atoms with Gasteiger partial charge in [-0.1, -0.05) is 12.1 Å². The van der Waals surface area contributed by atoms with Crippen LogP contribution in [0.2, 0.25) is 0 Å². The minimum atomic E-state index is -1.14. The van der Waals surface area contributed by atoms with Crippen LogP contribution in [-0.2, 0) is 0 Å². The van der Waals surface area contributed by atoms with E-state index in [4.69, 9.17) is 16.7 Å². The highest BCUT2D eigenvalue weighted by Gasteiger charge is 2.21. The molecule has 1 rings (SSSR count).